The van der Waals surface area contributed by atoms with Crippen LogP contribution in [0.4, 0.5) is 0 Å². The van der Waals surface area contributed by atoms with Crippen LogP contribution in [0.25, 0.3) is 0 Å². The average molecular weight is 361 g/mol. The lowest BCUT2D eigenvalue weighted by molar-refractivity contribution is 0.0938. The smallest absolute Gasteiger partial charge is 0.253 e. The second kappa shape index (κ2) is 8.66. The highest BCUT2D eigenvalue weighted by Crippen LogP contribution is 2.22. The number of rotatable bonds is 8. The molecule has 0 saturated carbocycles. The number of carbonyl (C=O) groups excluding carboxylic acids is 1. The first-order chi connectivity index (χ1) is 10.7. The summed E-state index contributed by atoms with van der Waals surface area (Å²) in [4.78, 5) is 12.4. The van der Waals surface area contributed by atoms with Gasteiger partial charge in [-0.2, -0.15) is 0 Å². The predicted molar refractivity (Wildman–Crippen MR) is 93.4 cm³/mol. The van der Waals surface area contributed by atoms with Crippen molar-refractivity contribution in [2.45, 2.75) is 50.5 Å². The molecule has 0 spiro atoms. The summed E-state index contributed by atoms with van der Waals surface area (Å²) in [5.74, 6) is -0.352. The van der Waals surface area contributed by atoms with E-state index in [9.17, 15) is 13.2 Å². The number of benzene rings is 1. The molecule has 0 fully saturated rings. The van der Waals surface area contributed by atoms with Crippen LogP contribution in [0.15, 0.2) is 23.1 Å². The first-order valence-electron chi connectivity index (χ1n) is 7.73. The molecule has 1 amide bonds. The Balaban J connectivity index is 2.93. The lowest BCUT2D eigenvalue weighted by Gasteiger charge is -2.16. The van der Waals surface area contributed by atoms with Crippen molar-refractivity contribution in [3.05, 3.63) is 28.8 Å². The van der Waals surface area contributed by atoms with Crippen molar-refractivity contribution in [3.8, 4) is 0 Å². The highest BCUT2D eigenvalue weighted by Gasteiger charge is 2.21. The van der Waals surface area contributed by atoms with Gasteiger partial charge in [-0.3, -0.25) is 4.79 Å². The quantitative estimate of drug-likeness (QED) is 0.723. The van der Waals surface area contributed by atoms with E-state index in [0.29, 0.717) is 0 Å². The van der Waals surface area contributed by atoms with E-state index in [1.54, 1.807) is 0 Å². The minimum absolute atomic E-state index is 0.0132. The third-order valence-electron chi connectivity index (χ3n) is 3.58. The summed E-state index contributed by atoms with van der Waals surface area (Å²) >= 11 is 6.06. The summed E-state index contributed by atoms with van der Waals surface area (Å²) in [6, 6.07) is 4.18. The van der Waals surface area contributed by atoms with E-state index in [-0.39, 0.29) is 27.4 Å². The van der Waals surface area contributed by atoms with Crippen molar-refractivity contribution < 1.29 is 13.2 Å². The second-order valence-corrected chi connectivity index (χ2v) is 8.36. The monoisotopic (exact) mass is 360 g/mol. The van der Waals surface area contributed by atoms with Crippen LogP contribution in [0.1, 0.15) is 49.9 Å². The molecule has 0 heterocycles. The highest BCUT2D eigenvalue weighted by molar-refractivity contribution is 7.89. The second-order valence-electron chi connectivity index (χ2n) is 5.80. The molecule has 1 aromatic carbocycles. The van der Waals surface area contributed by atoms with Crippen LogP contribution in [-0.4, -0.2) is 38.8 Å². The molecule has 5 nitrogen and oxygen atoms in total. The largest absolute Gasteiger partial charge is 0.350 e. The SMILES string of the molecule is CCCCC[C@H](C)NC(=O)c1cc(S(=O)(=O)N(C)C)ccc1Cl. The normalized spacial score (nSPS) is 13.1. The Hall–Kier alpha value is -1.11. The number of hydrogen-bond acceptors (Lipinski definition) is 3. The average Bonchev–Trinajstić information content (AvgIpc) is 2.47. The van der Waals surface area contributed by atoms with Crippen molar-refractivity contribution in [2.75, 3.05) is 14.1 Å². The zero-order chi connectivity index (χ0) is 17.6. The van der Waals surface area contributed by atoms with Crippen LogP contribution in [0.2, 0.25) is 5.02 Å². The maximum absolute atomic E-state index is 12.4. The van der Waals surface area contributed by atoms with Crippen LogP contribution in [0.3, 0.4) is 0 Å². The van der Waals surface area contributed by atoms with Gasteiger partial charge in [0.25, 0.3) is 5.91 Å². The number of carbonyl (C=O) groups is 1. The fourth-order valence-corrected chi connectivity index (χ4v) is 3.26. The Morgan fingerprint density at radius 2 is 1.96 bits per heavy atom. The van der Waals surface area contributed by atoms with Crippen molar-refractivity contribution >= 4 is 27.5 Å². The summed E-state index contributed by atoms with van der Waals surface area (Å²) in [6.07, 6.45) is 4.17. The molecule has 0 radical (unpaired) electrons. The molecular weight excluding hydrogens is 336 g/mol. The summed E-state index contributed by atoms with van der Waals surface area (Å²) in [5, 5.41) is 3.11. The van der Waals surface area contributed by atoms with E-state index < -0.39 is 10.0 Å². The van der Waals surface area contributed by atoms with E-state index in [0.717, 1.165) is 30.0 Å². The minimum Gasteiger partial charge on any atom is -0.350 e. The molecule has 0 aliphatic rings. The van der Waals surface area contributed by atoms with Gasteiger partial charge in [0.1, 0.15) is 0 Å². The van der Waals surface area contributed by atoms with Gasteiger partial charge in [0.2, 0.25) is 10.0 Å². The van der Waals surface area contributed by atoms with E-state index in [1.165, 1.54) is 32.3 Å². The van der Waals surface area contributed by atoms with Gasteiger partial charge in [0.15, 0.2) is 0 Å². The van der Waals surface area contributed by atoms with Crippen molar-refractivity contribution in [3.63, 3.8) is 0 Å². The number of nitrogens with one attached hydrogen (secondary N) is 1. The van der Waals surface area contributed by atoms with Crippen LogP contribution in [-0.2, 0) is 10.0 Å². The highest BCUT2D eigenvalue weighted by atomic mass is 35.5. The standard InChI is InChI=1S/C16H25ClN2O3S/c1-5-6-7-8-12(2)18-16(20)14-11-13(9-10-15(14)17)23(21,22)19(3)4/h9-12H,5-8H2,1-4H3,(H,18,20)/t12-/m0/s1. The summed E-state index contributed by atoms with van der Waals surface area (Å²) in [6.45, 7) is 4.06. The molecular formula is C16H25ClN2O3S. The topological polar surface area (TPSA) is 66.5 Å². The maximum Gasteiger partial charge on any atom is 0.253 e. The Kier molecular flexibility index (Phi) is 7.51. The first-order valence-corrected chi connectivity index (χ1v) is 9.55. The van der Waals surface area contributed by atoms with Crippen LogP contribution in [0.5, 0.6) is 0 Å². The van der Waals surface area contributed by atoms with E-state index in [2.05, 4.69) is 12.2 Å². The maximum atomic E-state index is 12.4. The van der Waals surface area contributed by atoms with E-state index in [4.69, 9.17) is 11.6 Å². The Bertz CT molecular complexity index is 645. The summed E-state index contributed by atoms with van der Waals surface area (Å²) < 4.78 is 25.4. The molecule has 1 N–H and O–H groups in total. The number of unbranched alkanes of at least 4 members (excludes halogenated alkanes) is 2. The zero-order valence-electron chi connectivity index (χ0n) is 14.1. The number of nitrogens with zero attached hydrogens (tertiary/aromatic N) is 1. The Morgan fingerprint density at radius 3 is 2.52 bits per heavy atom. The van der Waals surface area contributed by atoms with Gasteiger partial charge in [0.05, 0.1) is 15.5 Å². The Morgan fingerprint density at radius 1 is 1.30 bits per heavy atom. The number of amides is 1. The lowest BCUT2D eigenvalue weighted by atomic mass is 10.1. The van der Waals surface area contributed by atoms with Gasteiger partial charge >= 0.3 is 0 Å². The lowest BCUT2D eigenvalue weighted by Crippen LogP contribution is -2.33. The predicted octanol–water partition coefficient (Wildman–Crippen LogP) is 3.29. The molecule has 130 valence electrons. The van der Waals surface area contributed by atoms with Crippen LogP contribution >= 0.6 is 11.6 Å². The number of sulfonamides is 1. The molecule has 0 aliphatic carbocycles. The van der Waals surface area contributed by atoms with Gasteiger partial charge in [-0.15, -0.1) is 0 Å². The third-order valence-corrected chi connectivity index (χ3v) is 5.72. The van der Waals surface area contributed by atoms with Crippen molar-refractivity contribution in [2.24, 2.45) is 0 Å². The third kappa shape index (κ3) is 5.48. The van der Waals surface area contributed by atoms with Gasteiger partial charge in [-0.25, -0.2) is 12.7 Å². The van der Waals surface area contributed by atoms with E-state index in [1.807, 2.05) is 6.92 Å². The molecule has 0 aliphatic heterocycles. The minimum atomic E-state index is -3.60. The number of hydrogen-bond donors (Lipinski definition) is 1. The summed E-state index contributed by atoms with van der Waals surface area (Å²) in [7, 11) is -0.713. The molecule has 0 aromatic heterocycles. The molecule has 1 rings (SSSR count). The molecule has 7 heteroatoms. The Labute approximate surface area is 144 Å². The number of halogens is 1. The molecule has 1 atom stereocenters. The first kappa shape index (κ1) is 19.9. The van der Waals surface area contributed by atoms with Crippen LogP contribution < -0.4 is 5.32 Å². The fourth-order valence-electron chi connectivity index (χ4n) is 2.12. The fraction of sp³-hybridized carbons (Fsp3) is 0.562. The molecule has 0 unspecified atom stereocenters. The summed E-state index contributed by atoms with van der Waals surface area (Å²) in [5.41, 5.74) is 0.178. The molecule has 0 saturated heterocycles. The van der Waals surface area contributed by atoms with Gasteiger partial charge in [-0.05, 0) is 31.5 Å². The molecule has 23 heavy (non-hydrogen) atoms. The molecule has 0 bridgehead atoms. The molecule has 1 aromatic rings. The zero-order valence-corrected chi connectivity index (χ0v) is 15.7. The van der Waals surface area contributed by atoms with E-state index >= 15 is 0 Å². The van der Waals surface area contributed by atoms with Gasteiger partial charge in [-0.1, -0.05) is 37.8 Å². The van der Waals surface area contributed by atoms with Gasteiger partial charge in [0, 0.05) is 20.1 Å². The van der Waals surface area contributed by atoms with Crippen LogP contribution in [0, 0.1) is 0 Å². The van der Waals surface area contributed by atoms with Crippen molar-refractivity contribution in [1.82, 2.24) is 9.62 Å². The van der Waals surface area contributed by atoms with Gasteiger partial charge < -0.3 is 5.32 Å². The van der Waals surface area contributed by atoms with Crippen molar-refractivity contribution in [1.29, 1.82) is 0 Å².